The minimum absolute atomic E-state index is 1.06. The van der Waals surface area contributed by atoms with E-state index >= 15 is 0 Å². The molecule has 0 amide bonds. The van der Waals surface area contributed by atoms with Crippen molar-refractivity contribution < 1.29 is 0 Å². The number of thiol groups is 1. The topological polar surface area (TPSA) is 0 Å². The van der Waals surface area contributed by atoms with Crippen molar-refractivity contribution in [3.05, 3.63) is 59.9 Å². The molecule has 0 atom stereocenters. The van der Waals surface area contributed by atoms with E-state index in [1.54, 1.807) is 12.2 Å². The fourth-order valence-electron chi connectivity index (χ4n) is 0.651. The van der Waals surface area contributed by atoms with Crippen molar-refractivity contribution in [2.75, 3.05) is 0 Å². The van der Waals surface area contributed by atoms with Gasteiger partial charge in [-0.15, -0.1) is 0 Å². The van der Waals surface area contributed by atoms with Gasteiger partial charge < -0.3 is 0 Å². The van der Waals surface area contributed by atoms with Crippen LogP contribution in [-0.4, -0.2) is 0 Å². The summed E-state index contributed by atoms with van der Waals surface area (Å²) in [6.07, 6.45) is 9.35. The van der Waals surface area contributed by atoms with Gasteiger partial charge in [-0.25, -0.2) is 0 Å². The second kappa shape index (κ2) is 19.6. The van der Waals surface area contributed by atoms with Crippen LogP contribution in [0.15, 0.2) is 59.9 Å². The number of hydrogen-bond donors (Lipinski definition) is 0. The highest BCUT2D eigenvalue weighted by Gasteiger charge is 2.01. The second-order valence-electron chi connectivity index (χ2n) is 2.24. The lowest BCUT2D eigenvalue weighted by atomic mass is 10.5. The molecule has 0 aromatic carbocycles. The van der Waals surface area contributed by atoms with Crippen LogP contribution >= 0.6 is 0 Å². The quantitative estimate of drug-likeness (QED) is 0.351. The molecule has 0 aliphatic carbocycles. The number of allylic oxidation sites excluding steroid dienone is 6. The molecule has 0 aromatic heterocycles. The Morgan fingerprint density at radius 1 is 1.00 bits per heavy atom. The summed E-state index contributed by atoms with van der Waals surface area (Å²) in [5.41, 5.74) is 0. The van der Waals surface area contributed by atoms with E-state index in [9.17, 15) is 0 Å². The van der Waals surface area contributed by atoms with E-state index in [1.807, 2.05) is 45.9 Å². The Labute approximate surface area is 107 Å². The van der Waals surface area contributed by atoms with E-state index in [1.165, 1.54) is 4.91 Å². The van der Waals surface area contributed by atoms with Crippen LogP contribution in [0.3, 0.4) is 0 Å². The molecule has 0 rings (SSSR count). The third-order valence-corrected chi connectivity index (χ3v) is 2.04. The molecule has 0 aliphatic heterocycles. The predicted octanol–water partition coefficient (Wildman–Crippen LogP) is 5.20. The zero-order valence-electron chi connectivity index (χ0n) is 11.5. The molecule has 16 heavy (non-hydrogen) atoms. The van der Waals surface area contributed by atoms with Gasteiger partial charge in [-0.05, 0) is 18.7 Å². The summed E-state index contributed by atoms with van der Waals surface area (Å²) < 4.78 is 0. The van der Waals surface area contributed by atoms with Crippen molar-refractivity contribution in [2.45, 2.75) is 34.6 Å². The third-order valence-electron chi connectivity index (χ3n) is 1.10. The zero-order valence-corrected chi connectivity index (χ0v) is 12.3. The minimum atomic E-state index is 1.06. The van der Waals surface area contributed by atoms with E-state index in [4.69, 9.17) is 0 Å². The number of rotatable bonds is 5. The van der Waals surface area contributed by atoms with Gasteiger partial charge in [0.25, 0.3) is 0 Å². The first-order valence-electron chi connectivity index (χ1n) is 5.69. The Morgan fingerprint density at radius 3 is 1.88 bits per heavy atom. The van der Waals surface area contributed by atoms with Crippen LogP contribution in [0.2, 0.25) is 0 Å². The maximum absolute atomic E-state index is 3.89. The van der Waals surface area contributed by atoms with Crippen molar-refractivity contribution in [3.8, 4) is 0 Å². The summed E-state index contributed by atoms with van der Waals surface area (Å²) in [6, 6.07) is 0. The Hall–Kier alpha value is -0.950. The fourth-order valence-corrected chi connectivity index (χ4v) is 1.44. The first-order valence-corrected chi connectivity index (χ1v) is 6.59. The van der Waals surface area contributed by atoms with Crippen LogP contribution in [0.5, 0.6) is 0 Å². The lowest BCUT2D eigenvalue weighted by Gasteiger charge is -1.87. The van der Waals surface area contributed by atoms with Crippen molar-refractivity contribution in [1.29, 1.82) is 0 Å². The SMILES string of the molecule is C=C/C=C\C(=C)[SH+]/C(C)=C/C=C.CC.CC. The molecule has 0 saturated heterocycles. The van der Waals surface area contributed by atoms with Crippen molar-refractivity contribution in [1.82, 2.24) is 0 Å². The third kappa shape index (κ3) is 18.8. The second-order valence-corrected chi connectivity index (χ2v) is 3.75. The highest BCUT2D eigenvalue weighted by molar-refractivity contribution is 7.86. The van der Waals surface area contributed by atoms with Crippen LogP contribution in [0.4, 0.5) is 0 Å². The van der Waals surface area contributed by atoms with Crippen LogP contribution in [0.25, 0.3) is 0 Å². The van der Waals surface area contributed by atoms with Crippen LogP contribution in [0, 0.1) is 0 Å². The lowest BCUT2D eigenvalue weighted by molar-refractivity contribution is 1.50. The molecule has 0 unspecified atom stereocenters. The molecule has 92 valence electrons. The van der Waals surface area contributed by atoms with Crippen LogP contribution < -0.4 is 0 Å². The largest absolute Gasteiger partial charge is 0.150 e. The normalized spacial score (nSPS) is 9.44. The fraction of sp³-hybridized carbons (Fsp3) is 0.333. The highest BCUT2D eigenvalue weighted by Crippen LogP contribution is 2.06. The van der Waals surface area contributed by atoms with Gasteiger partial charge in [0.1, 0.15) is 4.91 Å². The van der Waals surface area contributed by atoms with E-state index in [2.05, 4.69) is 26.7 Å². The molecule has 0 heterocycles. The predicted molar refractivity (Wildman–Crippen MR) is 83.9 cm³/mol. The molecule has 0 saturated carbocycles. The lowest BCUT2D eigenvalue weighted by Crippen LogP contribution is -1.82. The molecule has 1 heteroatoms. The van der Waals surface area contributed by atoms with Gasteiger partial charge in [0.15, 0.2) is 4.91 Å². The molecular formula is C15H27S+. The summed E-state index contributed by atoms with van der Waals surface area (Å²) in [6.45, 7) is 21.2. The monoisotopic (exact) mass is 239 g/mol. The average molecular weight is 239 g/mol. The van der Waals surface area contributed by atoms with Crippen molar-refractivity contribution >= 4 is 11.8 Å². The molecule has 0 aromatic rings. The van der Waals surface area contributed by atoms with Gasteiger partial charge in [0, 0.05) is 18.7 Å². The maximum atomic E-state index is 3.89. The number of hydrogen-bond acceptors (Lipinski definition) is 0. The van der Waals surface area contributed by atoms with Gasteiger partial charge in [0.05, 0.1) is 0 Å². The smallest absolute Gasteiger partial charge is 0.0991 e. The zero-order chi connectivity index (χ0) is 13.4. The van der Waals surface area contributed by atoms with Crippen molar-refractivity contribution in [3.63, 3.8) is 0 Å². The first kappa shape index (κ1) is 20.5. The Kier molecular flexibility index (Phi) is 25.1. The molecule has 0 aliphatic rings. The Balaban J connectivity index is -0.000000376. The molecule has 0 radical (unpaired) electrons. The summed E-state index contributed by atoms with van der Waals surface area (Å²) in [5, 5.41) is 0. The molecule has 0 nitrogen and oxygen atoms in total. The van der Waals surface area contributed by atoms with Gasteiger partial charge in [-0.2, -0.15) is 0 Å². The van der Waals surface area contributed by atoms with Gasteiger partial charge in [0.2, 0.25) is 0 Å². The van der Waals surface area contributed by atoms with Crippen LogP contribution in [0.1, 0.15) is 34.6 Å². The summed E-state index contributed by atoms with van der Waals surface area (Å²) in [7, 11) is 0. The molecule has 0 N–H and O–H groups in total. The Morgan fingerprint density at radius 2 is 1.50 bits per heavy atom. The molecular weight excluding hydrogens is 212 g/mol. The van der Waals surface area contributed by atoms with E-state index in [-0.39, 0.29) is 0 Å². The minimum Gasteiger partial charge on any atom is -0.0991 e. The molecule has 0 spiro atoms. The Bertz CT molecular complexity index is 232. The molecule has 0 bridgehead atoms. The van der Waals surface area contributed by atoms with E-state index < -0.39 is 0 Å². The first-order chi connectivity index (χ1) is 7.70. The van der Waals surface area contributed by atoms with Crippen LogP contribution in [-0.2, 0) is 11.8 Å². The average Bonchev–Trinajstić information content (AvgIpc) is 2.32. The van der Waals surface area contributed by atoms with Gasteiger partial charge >= 0.3 is 0 Å². The maximum Gasteiger partial charge on any atom is 0.150 e. The summed E-state index contributed by atoms with van der Waals surface area (Å²) in [4.78, 5) is 2.30. The van der Waals surface area contributed by atoms with Gasteiger partial charge in [-0.1, -0.05) is 59.1 Å². The summed E-state index contributed by atoms with van der Waals surface area (Å²) in [5.74, 6) is 0. The highest BCUT2D eigenvalue weighted by atomic mass is 32.2. The summed E-state index contributed by atoms with van der Waals surface area (Å²) >= 11 is 1.14. The van der Waals surface area contributed by atoms with E-state index in [0.717, 1.165) is 16.7 Å². The van der Waals surface area contributed by atoms with Gasteiger partial charge in [-0.3, -0.25) is 0 Å². The standard InChI is InChI=1S/C11H14S.2C2H6/c1-5-7-9-11(4)12-10(3)8-6-2;2*1-2/h5-9H,1-2,4H2,3H3;2*1-2H3/p+1/b9-7-,10-8+;;. The van der Waals surface area contributed by atoms with Crippen molar-refractivity contribution in [2.24, 2.45) is 0 Å². The van der Waals surface area contributed by atoms with E-state index in [0.29, 0.717) is 0 Å². The molecule has 0 fully saturated rings.